The molecule has 1 saturated heterocycles. The zero-order valence-electron chi connectivity index (χ0n) is 27.9. The highest BCUT2D eigenvalue weighted by atomic mass is 19.1. The molecule has 6 rings (SSSR count). The number of carbonyl (C=O) groups excluding carboxylic acids is 1. The number of hydrogen-bond acceptors (Lipinski definition) is 9. The molecule has 49 heavy (non-hydrogen) atoms. The number of aromatic nitrogens is 4. The van der Waals surface area contributed by atoms with Crippen molar-refractivity contribution in [3.05, 3.63) is 102 Å². The summed E-state index contributed by atoms with van der Waals surface area (Å²) in [5.41, 5.74) is 3.44. The van der Waals surface area contributed by atoms with Crippen molar-refractivity contribution in [2.45, 2.75) is 39.5 Å². The van der Waals surface area contributed by atoms with Crippen LogP contribution >= 0.6 is 0 Å². The molecule has 254 valence electrons. The van der Waals surface area contributed by atoms with Gasteiger partial charge in [-0.05, 0) is 87.7 Å². The van der Waals surface area contributed by atoms with Gasteiger partial charge in [0, 0.05) is 49.0 Å². The molecule has 12 heteroatoms. The molecule has 0 spiro atoms. The summed E-state index contributed by atoms with van der Waals surface area (Å²) < 4.78 is 34.0. The van der Waals surface area contributed by atoms with E-state index in [-0.39, 0.29) is 23.3 Å². The molecular formula is C37H40FN7O4. The third kappa shape index (κ3) is 8.15. The fraction of sp³-hybridized carbons (Fsp3) is 0.297. The molecule has 0 aliphatic carbocycles. The van der Waals surface area contributed by atoms with Crippen LogP contribution in [0.25, 0.3) is 5.69 Å². The number of rotatable bonds is 12. The number of methoxy groups -OCH3 is 1. The Labute approximate surface area is 285 Å². The maximum Gasteiger partial charge on any atom is 0.425 e. The van der Waals surface area contributed by atoms with E-state index < -0.39 is 11.9 Å². The quantitative estimate of drug-likeness (QED) is 0.134. The molecule has 3 heterocycles. The van der Waals surface area contributed by atoms with Crippen molar-refractivity contribution >= 4 is 29.2 Å². The largest absolute Gasteiger partial charge is 0.493 e. The fourth-order valence-corrected chi connectivity index (χ4v) is 5.91. The molecule has 1 aliphatic heterocycles. The number of carbonyl (C=O) groups is 1. The van der Waals surface area contributed by atoms with Crippen molar-refractivity contribution in [2.75, 3.05) is 43.6 Å². The Balaban J connectivity index is 1.20. The summed E-state index contributed by atoms with van der Waals surface area (Å²) in [4.78, 5) is 26.8. The maximum atomic E-state index is 15.0. The zero-order chi connectivity index (χ0) is 34.2. The van der Waals surface area contributed by atoms with E-state index in [1.807, 2.05) is 38.1 Å². The minimum atomic E-state index is -0.708. The molecular weight excluding hydrogens is 625 g/mol. The first-order valence-electron chi connectivity index (χ1n) is 16.4. The highest BCUT2D eigenvalue weighted by Crippen LogP contribution is 2.35. The predicted molar refractivity (Wildman–Crippen MR) is 186 cm³/mol. The third-order valence-electron chi connectivity index (χ3n) is 8.34. The highest BCUT2D eigenvalue weighted by Gasteiger charge is 2.26. The van der Waals surface area contributed by atoms with E-state index >= 15 is 4.39 Å². The molecule has 1 aliphatic rings. The number of piperidine rings is 1. The number of halogens is 1. The normalized spacial score (nSPS) is 13.1. The van der Waals surface area contributed by atoms with Gasteiger partial charge in [0.05, 0.1) is 25.1 Å². The molecule has 3 aromatic carbocycles. The van der Waals surface area contributed by atoms with Crippen molar-refractivity contribution < 1.29 is 23.4 Å². The van der Waals surface area contributed by atoms with Crippen molar-refractivity contribution in [2.24, 2.45) is 0 Å². The lowest BCUT2D eigenvalue weighted by atomic mass is 10.1. The van der Waals surface area contributed by atoms with Crippen molar-refractivity contribution in [3.8, 4) is 22.9 Å². The summed E-state index contributed by atoms with van der Waals surface area (Å²) in [6.07, 6.45) is 8.90. The average Bonchev–Trinajstić information content (AvgIpc) is 3.65. The lowest BCUT2D eigenvalue weighted by molar-refractivity contribution is 0.203. The monoisotopic (exact) mass is 665 g/mol. The number of benzene rings is 3. The zero-order valence-corrected chi connectivity index (χ0v) is 27.9. The van der Waals surface area contributed by atoms with Gasteiger partial charge < -0.3 is 24.4 Å². The second kappa shape index (κ2) is 15.6. The highest BCUT2D eigenvalue weighted by molar-refractivity contribution is 5.98. The number of aryl methyl sites for hydroxylation is 2. The number of anilines is 4. The van der Waals surface area contributed by atoms with Crippen LogP contribution in [0, 0.1) is 19.7 Å². The number of likely N-dealkylation sites (tertiary alicyclic amines) is 1. The van der Waals surface area contributed by atoms with Gasteiger partial charge >= 0.3 is 6.09 Å². The first-order chi connectivity index (χ1) is 23.9. The lowest BCUT2D eigenvalue weighted by Gasteiger charge is -2.26. The van der Waals surface area contributed by atoms with Crippen LogP contribution in [0.1, 0.15) is 36.8 Å². The van der Waals surface area contributed by atoms with Gasteiger partial charge in [-0.1, -0.05) is 24.6 Å². The summed E-state index contributed by atoms with van der Waals surface area (Å²) in [5, 5.41) is 7.31. The van der Waals surface area contributed by atoms with Gasteiger partial charge in [-0.3, -0.25) is 0 Å². The third-order valence-corrected chi connectivity index (χ3v) is 8.34. The van der Waals surface area contributed by atoms with Gasteiger partial charge in [-0.25, -0.2) is 23.8 Å². The van der Waals surface area contributed by atoms with Crippen LogP contribution < -0.4 is 24.4 Å². The van der Waals surface area contributed by atoms with E-state index in [0.717, 1.165) is 42.9 Å². The summed E-state index contributed by atoms with van der Waals surface area (Å²) in [6, 6.07) is 18.9. The second-order valence-electron chi connectivity index (χ2n) is 11.8. The van der Waals surface area contributed by atoms with E-state index in [1.165, 1.54) is 43.5 Å². The van der Waals surface area contributed by atoms with Gasteiger partial charge in [-0.2, -0.15) is 10.1 Å². The average molecular weight is 666 g/mol. The molecule has 1 amide bonds. The number of amides is 1. The smallest absolute Gasteiger partial charge is 0.425 e. The SMILES string of the molecule is COc1cc(-n2cccn2)ccc1OC(=O)N(c1ccnc(Nc2ccc(OCCCN3CCCCC3)c(F)c2)n1)c1c(C)cccc1C. The maximum absolute atomic E-state index is 15.0. The number of ether oxygens (including phenoxy) is 3. The Bertz CT molecular complexity index is 1860. The predicted octanol–water partition coefficient (Wildman–Crippen LogP) is 7.76. The van der Waals surface area contributed by atoms with Crippen LogP contribution in [0.15, 0.2) is 85.3 Å². The van der Waals surface area contributed by atoms with E-state index in [2.05, 4.69) is 25.3 Å². The first-order valence-corrected chi connectivity index (χ1v) is 16.4. The van der Waals surface area contributed by atoms with E-state index in [1.54, 1.807) is 53.5 Å². The summed E-state index contributed by atoms with van der Waals surface area (Å²) >= 11 is 0. The minimum absolute atomic E-state index is 0.164. The summed E-state index contributed by atoms with van der Waals surface area (Å²) in [6.45, 7) is 7.45. The molecule has 1 fully saturated rings. The summed E-state index contributed by atoms with van der Waals surface area (Å²) in [5.74, 6) is 0.683. The van der Waals surface area contributed by atoms with Gasteiger partial charge in [0.1, 0.15) is 5.82 Å². The molecule has 0 atom stereocenters. The number of nitrogens with zero attached hydrogens (tertiary/aromatic N) is 6. The Hall–Kier alpha value is -5.49. The van der Waals surface area contributed by atoms with Crippen molar-refractivity contribution in [1.82, 2.24) is 24.6 Å². The first kappa shape index (κ1) is 33.4. The molecule has 0 saturated carbocycles. The Morgan fingerprint density at radius 3 is 2.47 bits per heavy atom. The van der Waals surface area contributed by atoms with Gasteiger partial charge in [-0.15, -0.1) is 0 Å². The summed E-state index contributed by atoms with van der Waals surface area (Å²) in [7, 11) is 1.50. The Morgan fingerprint density at radius 1 is 0.939 bits per heavy atom. The molecule has 5 aromatic rings. The molecule has 1 N–H and O–H groups in total. The second-order valence-corrected chi connectivity index (χ2v) is 11.8. The number of para-hydroxylation sites is 1. The van der Waals surface area contributed by atoms with E-state index in [0.29, 0.717) is 23.7 Å². The topological polar surface area (TPSA) is 107 Å². The Kier molecular flexibility index (Phi) is 10.6. The molecule has 0 unspecified atom stereocenters. The Morgan fingerprint density at radius 2 is 1.73 bits per heavy atom. The molecule has 0 bridgehead atoms. The lowest BCUT2D eigenvalue weighted by Crippen LogP contribution is -2.31. The fourth-order valence-electron chi connectivity index (χ4n) is 5.91. The molecule has 11 nitrogen and oxygen atoms in total. The van der Waals surface area contributed by atoms with Gasteiger partial charge in [0.25, 0.3) is 0 Å². The van der Waals surface area contributed by atoms with Crippen LogP contribution in [0.5, 0.6) is 17.2 Å². The van der Waals surface area contributed by atoms with Crippen LogP contribution in [0.2, 0.25) is 0 Å². The minimum Gasteiger partial charge on any atom is -0.493 e. The van der Waals surface area contributed by atoms with E-state index in [9.17, 15) is 4.79 Å². The van der Waals surface area contributed by atoms with Crippen LogP contribution in [-0.4, -0.2) is 64.1 Å². The van der Waals surface area contributed by atoms with Crippen LogP contribution in [-0.2, 0) is 0 Å². The van der Waals surface area contributed by atoms with E-state index in [4.69, 9.17) is 14.2 Å². The number of nitrogens with one attached hydrogen (secondary N) is 1. The molecule has 2 aromatic heterocycles. The van der Waals surface area contributed by atoms with Crippen LogP contribution in [0.4, 0.5) is 32.3 Å². The van der Waals surface area contributed by atoms with Crippen molar-refractivity contribution in [3.63, 3.8) is 0 Å². The van der Waals surface area contributed by atoms with Crippen molar-refractivity contribution in [1.29, 1.82) is 0 Å². The van der Waals surface area contributed by atoms with Crippen LogP contribution in [0.3, 0.4) is 0 Å². The number of hydrogen-bond donors (Lipinski definition) is 1. The van der Waals surface area contributed by atoms with Gasteiger partial charge in [0.15, 0.2) is 23.1 Å². The van der Waals surface area contributed by atoms with Gasteiger partial charge in [0.2, 0.25) is 5.95 Å². The molecule has 0 radical (unpaired) electrons. The standard InChI is InChI=1S/C37H40FN7O4/c1-26-10-7-11-27(2)35(26)45(37(46)49-32-15-13-29(25-33(32)47-3)44-22-8-17-40-44)34-16-18-39-36(42-34)41-28-12-14-31(30(38)24-28)48-23-9-21-43-19-5-4-6-20-43/h7-8,10-18,22,24-25H,4-6,9,19-21,23H2,1-3H3,(H,39,41,42).